The fourth-order valence-electron chi connectivity index (χ4n) is 5.94. The van der Waals surface area contributed by atoms with Crippen molar-refractivity contribution in [1.82, 2.24) is 10.2 Å². The Morgan fingerprint density at radius 2 is 1.50 bits per heavy atom. The Morgan fingerprint density at radius 1 is 0.848 bits per heavy atom. The van der Waals surface area contributed by atoms with Crippen LogP contribution >= 0.6 is 11.6 Å². The number of nitrogens with one attached hydrogen (secondary N) is 1. The molecule has 1 fully saturated rings. The third-order valence-corrected chi connectivity index (χ3v) is 10.6. The number of carbonyl (C=O) groups excluding carboxylic acids is 2. The quantitative estimate of drug-likeness (QED) is 0.179. The first-order chi connectivity index (χ1) is 22.2. The van der Waals surface area contributed by atoms with E-state index >= 15 is 0 Å². The molecule has 1 N–H and O–H groups in total. The fourth-order valence-corrected chi connectivity index (χ4v) is 7.56. The lowest BCUT2D eigenvalue weighted by atomic mass is 9.94. The number of anilines is 1. The van der Waals surface area contributed by atoms with Crippen LogP contribution in [-0.4, -0.2) is 43.8 Å². The van der Waals surface area contributed by atoms with Gasteiger partial charge in [0.05, 0.1) is 10.6 Å². The number of aryl methyl sites for hydroxylation is 1. The molecule has 0 radical (unpaired) electrons. The van der Waals surface area contributed by atoms with Crippen LogP contribution in [0.25, 0.3) is 0 Å². The maximum atomic E-state index is 14.6. The van der Waals surface area contributed by atoms with Crippen molar-refractivity contribution in [3.63, 3.8) is 0 Å². The van der Waals surface area contributed by atoms with Crippen LogP contribution in [0.2, 0.25) is 5.02 Å². The second-order valence-electron chi connectivity index (χ2n) is 11.8. The Hall–Kier alpha value is -4.14. The second kappa shape index (κ2) is 15.4. The molecule has 0 heterocycles. The highest BCUT2D eigenvalue weighted by Gasteiger charge is 2.35. The average Bonchev–Trinajstić information content (AvgIpc) is 3.07. The smallest absolute Gasteiger partial charge is 0.264 e. The first-order valence-electron chi connectivity index (χ1n) is 15.7. The minimum Gasteiger partial charge on any atom is -0.352 e. The predicted molar refractivity (Wildman–Crippen MR) is 183 cm³/mol. The van der Waals surface area contributed by atoms with E-state index in [0.29, 0.717) is 16.3 Å². The summed E-state index contributed by atoms with van der Waals surface area (Å²) in [7, 11) is -4.15. The molecule has 4 aromatic carbocycles. The highest BCUT2D eigenvalue weighted by atomic mass is 35.5. The van der Waals surface area contributed by atoms with E-state index in [1.165, 1.54) is 17.0 Å². The largest absolute Gasteiger partial charge is 0.352 e. The molecule has 240 valence electrons. The molecule has 4 aromatic rings. The van der Waals surface area contributed by atoms with Gasteiger partial charge in [-0.3, -0.25) is 13.9 Å². The molecule has 1 aliphatic rings. The van der Waals surface area contributed by atoms with Crippen LogP contribution < -0.4 is 9.62 Å². The third kappa shape index (κ3) is 8.36. The maximum absolute atomic E-state index is 14.6. The van der Waals surface area contributed by atoms with Gasteiger partial charge in [-0.25, -0.2) is 8.42 Å². The Labute approximate surface area is 277 Å². The number of rotatable bonds is 12. The molecule has 9 heteroatoms. The van der Waals surface area contributed by atoms with Gasteiger partial charge in [0.2, 0.25) is 11.8 Å². The van der Waals surface area contributed by atoms with E-state index in [4.69, 9.17) is 11.6 Å². The summed E-state index contributed by atoms with van der Waals surface area (Å²) in [6.07, 6.45) is 5.25. The Bertz CT molecular complexity index is 1730. The van der Waals surface area contributed by atoms with Gasteiger partial charge in [0, 0.05) is 24.0 Å². The number of sulfonamides is 1. The van der Waals surface area contributed by atoms with Crippen molar-refractivity contribution >= 4 is 39.1 Å². The zero-order chi connectivity index (χ0) is 32.5. The SMILES string of the molecule is Cc1cccc(N(CC(=O)N(Cc2ccccc2Cl)C(Cc2ccccc2)C(=O)NC2CCCCC2)S(=O)(=O)c2ccccc2)c1. The lowest BCUT2D eigenvalue weighted by Gasteiger charge is -2.35. The lowest BCUT2D eigenvalue weighted by Crippen LogP contribution is -2.55. The fraction of sp³-hybridized carbons (Fsp3) is 0.297. The van der Waals surface area contributed by atoms with Crippen LogP contribution in [0.3, 0.4) is 0 Å². The van der Waals surface area contributed by atoms with Gasteiger partial charge < -0.3 is 10.2 Å². The monoisotopic (exact) mass is 657 g/mol. The summed E-state index contributed by atoms with van der Waals surface area (Å²) in [5.74, 6) is -0.773. The topological polar surface area (TPSA) is 86.8 Å². The van der Waals surface area contributed by atoms with Crippen LogP contribution in [0.1, 0.15) is 48.8 Å². The van der Waals surface area contributed by atoms with E-state index in [1.807, 2.05) is 55.5 Å². The standard InChI is InChI=1S/C37H40ClN3O4S/c1-28-14-13-20-32(24-28)41(46(44,45)33-21-9-4-10-22-33)27-36(42)40(26-30-17-11-12-23-34(30)38)35(25-29-15-5-2-6-16-29)37(43)39-31-18-7-3-8-19-31/h2,4-6,9-17,20-24,31,35H,3,7-8,18-19,25-27H2,1H3,(H,39,43). The molecule has 1 saturated carbocycles. The molecule has 7 nitrogen and oxygen atoms in total. The number of hydrogen-bond donors (Lipinski definition) is 1. The van der Waals surface area contributed by atoms with Crippen LogP contribution in [0.15, 0.2) is 114 Å². The normalized spacial score (nSPS) is 14.3. The number of amides is 2. The molecule has 0 bridgehead atoms. The number of nitrogens with zero attached hydrogens (tertiary/aromatic N) is 2. The summed E-state index contributed by atoms with van der Waals surface area (Å²) in [6, 6.07) is 31.0. The molecule has 46 heavy (non-hydrogen) atoms. The minimum atomic E-state index is -4.15. The molecular weight excluding hydrogens is 618 g/mol. The van der Waals surface area contributed by atoms with Crippen LogP contribution in [-0.2, 0) is 32.6 Å². The summed E-state index contributed by atoms with van der Waals surface area (Å²) in [5.41, 5.74) is 2.76. The first kappa shape index (κ1) is 33.2. The van der Waals surface area contributed by atoms with Crippen molar-refractivity contribution in [3.05, 3.63) is 131 Å². The van der Waals surface area contributed by atoms with E-state index in [2.05, 4.69) is 5.32 Å². The predicted octanol–water partition coefficient (Wildman–Crippen LogP) is 6.93. The van der Waals surface area contributed by atoms with Crippen LogP contribution in [0, 0.1) is 6.92 Å². The van der Waals surface area contributed by atoms with E-state index in [1.54, 1.807) is 48.5 Å². The molecular formula is C37H40ClN3O4S. The highest BCUT2D eigenvalue weighted by molar-refractivity contribution is 7.92. The van der Waals surface area contributed by atoms with Crippen LogP contribution in [0.4, 0.5) is 5.69 Å². The van der Waals surface area contributed by atoms with Gasteiger partial charge in [0.1, 0.15) is 12.6 Å². The molecule has 1 unspecified atom stereocenters. The van der Waals surface area contributed by atoms with Gasteiger partial charge in [0.15, 0.2) is 0 Å². The van der Waals surface area contributed by atoms with Gasteiger partial charge >= 0.3 is 0 Å². The summed E-state index contributed by atoms with van der Waals surface area (Å²) in [6.45, 7) is 1.39. The minimum absolute atomic E-state index is 0.0269. The van der Waals surface area contributed by atoms with Crippen molar-refractivity contribution in [2.75, 3.05) is 10.8 Å². The van der Waals surface area contributed by atoms with Gasteiger partial charge in [-0.2, -0.15) is 0 Å². The molecule has 0 saturated heterocycles. The molecule has 0 aliphatic heterocycles. The van der Waals surface area contributed by atoms with Crippen molar-refractivity contribution in [3.8, 4) is 0 Å². The molecule has 0 aromatic heterocycles. The van der Waals surface area contributed by atoms with Gasteiger partial charge in [-0.15, -0.1) is 0 Å². The molecule has 2 amide bonds. The van der Waals surface area contributed by atoms with Gasteiger partial charge in [-0.05, 0) is 66.8 Å². The number of carbonyl (C=O) groups is 2. The molecule has 5 rings (SSSR count). The van der Waals surface area contributed by atoms with Gasteiger partial charge in [0.25, 0.3) is 10.0 Å². The summed E-state index contributed by atoms with van der Waals surface area (Å²) in [5, 5.41) is 3.68. The van der Waals surface area contributed by atoms with Crippen molar-refractivity contribution in [1.29, 1.82) is 0 Å². The number of benzene rings is 4. The van der Waals surface area contributed by atoms with Crippen molar-refractivity contribution < 1.29 is 18.0 Å². The summed E-state index contributed by atoms with van der Waals surface area (Å²) < 4.78 is 29.4. The highest BCUT2D eigenvalue weighted by Crippen LogP contribution is 2.27. The van der Waals surface area contributed by atoms with E-state index in [9.17, 15) is 18.0 Å². The number of halogens is 1. The average molecular weight is 658 g/mol. The Kier molecular flexibility index (Phi) is 11.1. The van der Waals surface area contributed by atoms with Crippen molar-refractivity contribution in [2.45, 2.75) is 69.0 Å². The van der Waals surface area contributed by atoms with E-state index < -0.39 is 28.5 Å². The van der Waals surface area contributed by atoms with E-state index in [0.717, 1.165) is 47.5 Å². The summed E-state index contributed by atoms with van der Waals surface area (Å²) >= 11 is 6.60. The third-order valence-electron chi connectivity index (χ3n) is 8.42. The zero-order valence-electron chi connectivity index (χ0n) is 26.0. The molecule has 1 atom stereocenters. The maximum Gasteiger partial charge on any atom is 0.264 e. The lowest BCUT2D eigenvalue weighted by molar-refractivity contribution is -0.140. The van der Waals surface area contributed by atoms with E-state index in [-0.39, 0.29) is 29.8 Å². The molecule has 1 aliphatic carbocycles. The second-order valence-corrected chi connectivity index (χ2v) is 14.1. The summed E-state index contributed by atoms with van der Waals surface area (Å²) in [4.78, 5) is 30.4. The Balaban J connectivity index is 1.56. The van der Waals surface area contributed by atoms with Crippen LogP contribution in [0.5, 0.6) is 0 Å². The number of hydrogen-bond acceptors (Lipinski definition) is 4. The first-order valence-corrected chi connectivity index (χ1v) is 17.6. The zero-order valence-corrected chi connectivity index (χ0v) is 27.6. The van der Waals surface area contributed by atoms with Gasteiger partial charge in [-0.1, -0.05) is 110 Å². The van der Waals surface area contributed by atoms with Crippen molar-refractivity contribution in [2.24, 2.45) is 0 Å². The Morgan fingerprint density at radius 3 is 2.17 bits per heavy atom. The molecule has 0 spiro atoms.